The zero-order valence-electron chi connectivity index (χ0n) is 11.0. The Morgan fingerprint density at radius 2 is 1.95 bits per heavy atom. The zero-order chi connectivity index (χ0) is 13.9. The molecule has 1 aliphatic rings. The molecule has 2 rings (SSSR count). The summed E-state index contributed by atoms with van der Waals surface area (Å²) in [6.45, 7) is 0. The maximum atomic E-state index is 12.3. The molecule has 1 aliphatic carbocycles. The first kappa shape index (κ1) is 14.3. The summed E-state index contributed by atoms with van der Waals surface area (Å²) in [7, 11) is -1.97. The van der Waals surface area contributed by atoms with Gasteiger partial charge in [0.05, 0.1) is 12.0 Å². The van der Waals surface area contributed by atoms with E-state index in [0.717, 1.165) is 25.7 Å². The molecule has 0 bridgehead atoms. The van der Waals surface area contributed by atoms with Crippen LogP contribution in [0.25, 0.3) is 0 Å². The van der Waals surface area contributed by atoms with Gasteiger partial charge in [0.1, 0.15) is 5.75 Å². The quantitative estimate of drug-likeness (QED) is 0.871. The number of ether oxygens (including phenoxy) is 1. The Bertz CT molecular complexity index is 522. The fourth-order valence-corrected chi connectivity index (χ4v) is 3.63. The highest BCUT2D eigenvalue weighted by molar-refractivity contribution is 7.89. The summed E-state index contributed by atoms with van der Waals surface area (Å²) >= 11 is 0. The SMILES string of the molecule is COc1cccc(S(=O)(=O)NC2CCC(N)CC2)c1. The highest BCUT2D eigenvalue weighted by atomic mass is 32.2. The maximum absolute atomic E-state index is 12.3. The number of hydrogen-bond acceptors (Lipinski definition) is 4. The van der Waals surface area contributed by atoms with Gasteiger partial charge in [-0.3, -0.25) is 0 Å². The van der Waals surface area contributed by atoms with Gasteiger partial charge in [-0.15, -0.1) is 0 Å². The number of hydrogen-bond donors (Lipinski definition) is 2. The van der Waals surface area contributed by atoms with Crippen molar-refractivity contribution in [2.24, 2.45) is 5.73 Å². The average Bonchev–Trinajstić information content (AvgIpc) is 2.41. The van der Waals surface area contributed by atoms with E-state index in [-0.39, 0.29) is 17.0 Å². The van der Waals surface area contributed by atoms with E-state index in [4.69, 9.17) is 10.5 Å². The normalized spacial score (nSPS) is 24.1. The summed E-state index contributed by atoms with van der Waals surface area (Å²) in [6.07, 6.45) is 3.32. The minimum Gasteiger partial charge on any atom is -0.497 e. The van der Waals surface area contributed by atoms with E-state index in [1.54, 1.807) is 18.2 Å². The maximum Gasteiger partial charge on any atom is 0.240 e. The van der Waals surface area contributed by atoms with Crippen molar-refractivity contribution in [3.63, 3.8) is 0 Å². The molecule has 0 aromatic heterocycles. The molecule has 3 N–H and O–H groups in total. The largest absolute Gasteiger partial charge is 0.497 e. The van der Waals surface area contributed by atoms with Gasteiger partial charge in [0.2, 0.25) is 10.0 Å². The van der Waals surface area contributed by atoms with Crippen LogP contribution >= 0.6 is 0 Å². The van der Waals surface area contributed by atoms with Crippen molar-refractivity contribution >= 4 is 10.0 Å². The van der Waals surface area contributed by atoms with Crippen LogP contribution in [-0.4, -0.2) is 27.6 Å². The minimum atomic E-state index is -3.48. The van der Waals surface area contributed by atoms with Crippen molar-refractivity contribution < 1.29 is 13.2 Å². The van der Waals surface area contributed by atoms with Crippen molar-refractivity contribution in [2.75, 3.05) is 7.11 Å². The standard InChI is InChI=1S/C13H20N2O3S/c1-18-12-3-2-4-13(9-12)19(16,17)15-11-7-5-10(14)6-8-11/h2-4,9-11,15H,5-8,14H2,1H3. The second-order valence-electron chi connectivity index (χ2n) is 4.91. The third kappa shape index (κ3) is 3.68. The molecule has 0 heterocycles. The average molecular weight is 284 g/mol. The van der Waals surface area contributed by atoms with Crippen LogP contribution in [0.1, 0.15) is 25.7 Å². The van der Waals surface area contributed by atoms with E-state index in [0.29, 0.717) is 5.75 Å². The van der Waals surface area contributed by atoms with E-state index in [1.165, 1.54) is 13.2 Å². The minimum absolute atomic E-state index is 0.0176. The lowest BCUT2D eigenvalue weighted by atomic mass is 9.93. The van der Waals surface area contributed by atoms with Crippen LogP contribution in [0.15, 0.2) is 29.2 Å². The van der Waals surface area contributed by atoms with E-state index >= 15 is 0 Å². The van der Waals surface area contributed by atoms with Gasteiger partial charge in [-0.1, -0.05) is 6.07 Å². The highest BCUT2D eigenvalue weighted by Gasteiger charge is 2.24. The smallest absolute Gasteiger partial charge is 0.240 e. The lowest BCUT2D eigenvalue weighted by Gasteiger charge is -2.26. The van der Waals surface area contributed by atoms with Gasteiger partial charge in [0.25, 0.3) is 0 Å². The molecule has 0 spiro atoms. The Morgan fingerprint density at radius 1 is 1.26 bits per heavy atom. The Morgan fingerprint density at radius 3 is 2.58 bits per heavy atom. The summed E-state index contributed by atoms with van der Waals surface area (Å²) in [4.78, 5) is 0.238. The third-order valence-electron chi connectivity index (χ3n) is 3.45. The lowest BCUT2D eigenvalue weighted by Crippen LogP contribution is -2.40. The van der Waals surface area contributed by atoms with Gasteiger partial charge in [-0.25, -0.2) is 13.1 Å². The molecule has 19 heavy (non-hydrogen) atoms. The van der Waals surface area contributed by atoms with Gasteiger partial charge in [0.15, 0.2) is 0 Å². The van der Waals surface area contributed by atoms with Gasteiger partial charge in [-0.2, -0.15) is 0 Å². The molecule has 1 aromatic rings. The molecule has 0 unspecified atom stereocenters. The molecule has 0 aliphatic heterocycles. The number of nitrogens with one attached hydrogen (secondary N) is 1. The van der Waals surface area contributed by atoms with E-state index in [2.05, 4.69) is 4.72 Å². The lowest BCUT2D eigenvalue weighted by molar-refractivity contribution is 0.373. The predicted molar refractivity (Wildman–Crippen MR) is 73.5 cm³/mol. The Kier molecular flexibility index (Phi) is 4.44. The molecule has 1 aromatic carbocycles. The van der Waals surface area contributed by atoms with Crippen molar-refractivity contribution in [1.29, 1.82) is 0 Å². The summed E-state index contributed by atoms with van der Waals surface area (Å²) < 4.78 is 32.3. The van der Waals surface area contributed by atoms with Crippen LogP contribution < -0.4 is 15.2 Å². The molecule has 0 radical (unpaired) electrons. The molecule has 0 atom stereocenters. The highest BCUT2D eigenvalue weighted by Crippen LogP contribution is 2.21. The molecular formula is C13H20N2O3S. The summed E-state index contributed by atoms with van der Waals surface area (Å²) in [5.41, 5.74) is 5.82. The molecule has 5 nitrogen and oxygen atoms in total. The first-order chi connectivity index (χ1) is 9.01. The summed E-state index contributed by atoms with van der Waals surface area (Å²) in [5, 5.41) is 0. The van der Waals surface area contributed by atoms with E-state index < -0.39 is 10.0 Å². The number of benzene rings is 1. The van der Waals surface area contributed by atoms with Crippen LogP contribution in [0.4, 0.5) is 0 Å². The van der Waals surface area contributed by atoms with Gasteiger partial charge < -0.3 is 10.5 Å². The topological polar surface area (TPSA) is 81.4 Å². The molecule has 1 saturated carbocycles. The van der Waals surface area contributed by atoms with Gasteiger partial charge >= 0.3 is 0 Å². The van der Waals surface area contributed by atoms with Crippen LogP contribution in [0, 0.1) is 0 Å². The molecule has 0 amide bonds. The fourth-order valence-electron chi connectivity index (χ4n) is 2.29. The number of sulfonamides is 1. The van der Waals surface area contributed by atoms with Gasteiger partial charge in [0, 0.05) is 18.2 Å². The molecule has 0 saturated heterocycles. The molecule has 1 fully saturated rings. The van der Waals surface area contributed by atoms with Crippen molar-refractivity contribution in [1.82, 2.24) is 4.72 Å². The summed E-state index contributed by atoms with van der Waals surface area (Å²) in [5.74, 6) is 0.536. The predicted octanol–water partition coefficient (Wildman–Crippen LogP) is 1.24. The first-order valence-electron chi connectivity index (χ1n) is 6.43. The van der Waals surface area contributed by atoms with Crippen molar-refractivity contribution in [2.45, 2.75) is 42.7 Å². The third-order valence-corrected chi connectivity index (χ3v) is 4.96. The number of methoxy groups -OCH3 is 1. The Labute approximate surface area is 114 Å². The van der Waals surface area contributed by atoms with Crippen LogP contribution in [0.3, 0.4) is 0 Å². The van der Waals surface area contributed by atoms with Crippen LogP contribution in [-0.2, 0) is 10.0 Å². The fraction of sp³-hybridized carbons (Fsp3) is 0.538. The van der Waals surface area contributed by atoms with Crippen LogP contribution in [0.5, 0.6) is 5.75 Å². The molecule has 6 heteroatoms. The van der Waals surface area contributed by atoms with E-state index in [9.17, 15) is 8.42 Å². The zero-order valence-corrected chi connectivity index (χ0v) is 11.8. The van der Waals surface area contributed by atoms with Crippen LogP contribution in [0.2, 0.25) is 0 Å². The second-order valence-corrected chi connectivity index (χ2v) is 6.63. The number of nitrogens with two attached hydrogens (primary N) is 1. The van der Waals surface area contributed by atoms with Crippen molar-refractivity contribution in [3.8, 4) is 5.75 Å². The molecule has 106 valence electrons. The molecular weight excluding hydrogens is 264 g/mol. The Hall–Kier alpha value is -1.11. The van der Waals surface area contributed by atoms with E-state index in [1.807, 2.05) is 0 Å². The van der Waals surface area contributed by atoms with Crippen molar-refractivity contribution in [3.05, 3.63) is 24.3 Å². The second kappa shape index (κ2) is 5.90. The Balaban J connectivity index is 2.09. The first-order valence-corrected chi connectivity index (χ1v) is 7.91. The van der Waals surface area contributed by atoms with Gasteiger partial charge in [-0.05, 0) is 37.8 Å². The number of rotatable bonds is 4. The summed E-state index contributed by atoms with van der Waals surface area (Å²) in [6, 6.07) is 6.67. The monoisotopic (exact) mass is 284 g/mol.